The van der Waals surface area contributed by atoms with E-state index in [1.807, 2.05) is 10.3 Å². The third kappa shape index (κ3) is 4.27. The van der Waals surface area contributed by atoms with E-state index in [0.29, 0.717) is 30.5 Å². The third-order valence-corrected chi connectivity index (χ3v) is 4.95. The number of carboxylic acids is 1. The minimum absolute atomic E-state index is 0.0156. The Morgan fingerprint density at radius 2 is 2.29 bits per heavy atom. The number of aromatic nitrogens is 1. The number of amides is 1. The smallest absolute Gasteiger partial charge is 0.303 e. The minimum atomic E-state index is -0.764. The van der Waals surface area contributed by atoms with E-state index in [9.17, 15) is 9.59 Å². The molecule has 1 aliphatic heterocycles. The van der Waals surface area contributed by atoms with E-state index in [4.69, 9.17) is 5.11 Å². The Kier molecular flexibility index (Phi) is 5.33. The highest BCUT2D eigenvalue weighted by molar-refractivity contribution is 7.09. The normalized spacial score (nSPS) is 19.0. The van der Waals surface area contributed by atoms with Crippen LogP contribution in [0.1, 0.15) is 60.9 Å². The second-order valence-electron chi connectivity index (χ2n) is 5.92. The molecule has 0 aromatic carbocycles. The second kappa shape index (κ2) is 7.02. The predicted molar refractivity (Wildman–Crippen MR) is 81.7 cm³/mol. The summed E-state index contributed by atoms with van der Waals surface area (Å²) in [6, 6.07) is 0. The Balaban J connectivity index is 1.96. The Hall–Kier alpha value is -1.43. The van der Waals surface area contributed by atoms with E-state index in [1.165, 1.54) is 11.3 Å². The van der Waals surface area contributed by atoms with Gasteiger partial charge in [0.2, 0.25) is 0 Å². The van der Waals surface area contributed by atoms with Gasteiger partial charge in [-0.2, -0.15) is 0 Å². The molecule has 0 radical (unpaired) electrons. The fraction of sp³-hybridized carbons (Fsp3) is 0.667. The Labute approximate surface area is 129 Å². The molecule has 21 heavy (non-hydrogen) atoms. The van der Waals surface area contributed by atoms with Crippen LogP contribution in [0.5, 0.6) is 0 Å². The number of carbonyl (C=O) groups excluding carboxylic acids is 1. The van der Waals surface area contributed by atoms with Gasteiger partial charge in [0, 0.05) is 30.8 Å². The molecule has 2 heterocycles. The SMILES string of the molecule is CC(C)c1nc(C(=O)N2CCC[C@H](CCC(=O)O)C2)cs1. The van der Waals surface area contributed by atoms with Crippen LogP contribution in [-0.2, 0) is 4.79 Å². The Morgan fingerprint density at radius 1 is 1.52 bits per heavy atom. The summed E-state index contributed by atoms with van der Waals surface area (Å²) < 4.78 is 0. The van der Waals surface area contributed by atoms with Gasteiger partial charge in [-0.3, -0.25) is 9.59 Å². The van der Waals surface area contributed by atoms with Gasteiger partial charge in [-0.15, -0.1) is 11.3 Å². The monoisotopic (exact) mass is 310 g/mol. The van der Waals surface area contributed by atoms with Crippen molar-refractivity contribution < 1.29 is 14.7 Å². The zero-order valence-corrected chi connectivity index (χ0v) is 13.4. The molecule has 2 rings (SSSR count). The van der Waals surface area contributed by atoms with Gasteiger partial charge in [0.1, 0.15) is 5.69 Å². The van der Waals surface area contributed by atoms with E-state index in [-0.39, 0.29) is 12.3 Å². The number of carbonyl (C=O) groups is 2. The van der Waals surface area contributed by atoms with Gasteiger partial charge in [-0.1, -0.05) is 13.8 Å². The maximum absolute atomic E-state index is 12.5. The van der Waals surface area contributed by atoms with Crippen molar-refractivity contribution in [3.05, 3.63) is 16.1 Å². The molecule has 1 atom stereocenters. The zero-order chi connectivity index (χ0) is 15.4. The van der Waals surface area contributed by atoms with Gasteiger partial charge in [-0.05, 0) is 25.2 Å². The van der Waals surface area contributed by atoms with Crippen LogP contribution in [0.2, 0.25) is 0 Å². The highest BCUT2D eigenvalue weighted by Gasteiger charge is 2.26. The van der Waals surface area contributed by atoms with Crippen LogP contribution in [0.3, 0.4) is 0 Å². The second-order valence-corrected chi connectivity index (χ2v) is 6.81. The lowest BCUT2D eigenvalue weighted by molar-refractivity contribution is -0.137. The summed E-state index contributed by atoms with van der Waals surface area (Å²) in [5.74, 6) is -0.152. The van der Waals surface area contributed by atoms with Crippen molar-refractivity contribution in [3.8, 4) is 0 Å². The van der Waals surface area contributed by atoms with Crippen molar-refractivity contribution in [1.82, 2.24) is 9.88 Å². The molecule has 5 nitrogen and oxygen atoms in total. The first-order valence-electron chi connectivity index (χ1n) is 7.44. The lowest BCUT2D eigenvalue weighted by atomic mass is 9.93. The van der Waals surface area contributed by atoms with Gasteiger partial charge in [-0.25, -0.2) is 4.98 Å². The molecule has 116 valence electrons. The summed E-state index contributed by atoms with van der Waals surface area (Å²) in [5, 5.41) is 11.6. The summed E-state index contributed by atoms with van der Waals surface area (Å²) in [4.78, 5) is 29.4. The molecule has 1 aromatic rings. The van der Waals surface area contributed by atoms with Gasteiger partial charge in [0.15, 0.2) is 0 Å². The van der Waals surface area contributed by atoms with Crippen molar-refractivity contribution in [3.63, 3.8) is 0 Å². The minimum Gasteiger partial charge on any atom is -0.481 e. The lowest BCUT2D eigenvalue weighted by Crippen LogP contribution is -2.40. The molecule has 0 unspecified atom stereocenters. The number of nitrogens with zero attached hydrogens (tertiary/aromatic N) is 2. The van der Waals surface area contributed by atoms with E-state index in [2.05, 4.69) is 18.8 Å². The summed E-state index contributed by atoms with van der Waals surface area (Å²) in [5.41, 5.74) is 0.530. The molecule has 6 heteroatoms. The van der Waals surface area contributed by atoms with Crippen LogP contribution in [-0.4, -0.2) is 40.0 Å². The first-order chi connectivity index (χ1) is 9.97. The van der Waals surface area contributed by atoms with Crippen LogP contribution in [0, 0.1) is 5.92 Å². The number of rotatable bonds is 5. The van der Waals surface area contributed by atoms with E-state index in [0.717, 1.165) is 24.4 Å². The number of hydrogen-bond donors (Lipinski definition) is 1. The van der Waals surface area contributed by atoms with Crippen molar-refractivity contribution in [2.75, 3.05) is 13.1 Å². The number of carboxylic acid groups (broad SMARTS) is 1. The van der Waals surface area contributed by atoms with E-state index < -0.39 is 5.97 Å². The summed E-state index contributed by atoms with van der Waals surface area (Å²) >= 11 is 1.53. The first kappa shape index (κ1) is 15.9. The Morgan fingerprint density at radius 3 is 2.90 bits per heavy atom. The van der Waals surface area contributed by atoms with Gasteiger partial charge >= 0.3 is 5.97 Å². The molecule has 0 saturated carbocycles. The highest BCUT2D eigenvalue weighted by Crippen LogP contribution is 2.24. The molecule has 0 aliphatic carbocycles. The molecule has 1 fully saturated rings. The van der Waals surface area contributed by atoms with Crippen LogP contribution in [0.15, 0.2) is 5.38 Å². The molecule has 1 aromatic heterocycles. The fourth-order valence-electron chi connectivity index (χ4n) is 2.63. The molecule has 1 saturated heterocycles. The standard InChI is InChI=1S/C15H22N2O3S/c1-10(2)14-16-12(9-21-14)15(20)17-7-3-4-11(8-17)5-6-13(18)19/h9-11H,3-8H2,1-2H3,(H,18,19)/t11-/m1/s1. The number of thiazole rings is 1. The van der Waals surface area contributed by atoms with Crippen LogP contribution in [0.4, 0.5) is 0 Å². The quantitative estimate of drug-likeness (QED) is 0.907. The van der Waals surface area contributed by atoms with E-state index >= 15 is 0 Å². The number of piperidine rings is 1. The predicted octanol–water partition coefficient (Wildman–Crippen LogP) is 2.98. The lowest BCUT2D eigenvalue weighted by Gasteiger charge is -2.32. The molecule has 1 amide bonds. The topological polar surface area (TPSA) is 70.5 Å². The van der Waals surface area contributed by atoms with Crippen molar-refractivity contribution >= 4 is 23.2 Å². The summed E-state index contributed by atoms with van der Waals surface area (Å²) in [6.07, 6.45) is 2.77. The van der Waals surface area contributed by atoms with Crippen molar-refractivity contribution in [2.45, 2.75) is 45.4 Å². The van der Waals surface area contributed by atoms with Crippen LogP contribution < -0.4 is 0 Å². The van der Waals surface area contributed by atoms with Gasteiger partial charge < -0.3 is 10.0 Å². The molecular weight excluding hydrogens is 288 g/mol. The van der Waals surface area contributed by atoms with Crippen molar-refractivity contribution in [2.24, 2.45) is 5.92 Å². The van der Waals surface area contributed by atoms with Crippen molar-refractivity contribution in [1.29, 1.82) is 0 Å². The zero-order valence-electron chi connectivity index (χ0n) is 12.5. The number of aliphatic carboxylic acids is 1. The maximum atomic E-state index is 12.5. The average Bonchev–Trinajstić information content (AvgIpc) is 2.94. The largest absolute Gasteiger partial charge is 0.481 e. The molecule has 1 aliphatic rings. The summed E-state index contributed by atoms with van der Waals surface area (Å²) in [7, 11) is 0. The maximum Gasteiger partial charge on any atom is 0.303 e. The number of likely N-dealkylation sites (tertiary alicyclic amines) is 1. The van der Waals surface area contributed by atoms with Crippen LogP contribution >= 0.6 is 11.3 Å². The third-order valence-electron chi connectivity index (χ3n) is 3.81. The van der Waals surface area contributed by atoms with Gasteiger partial charge in [0.25, 0.3) is 5.91 Å². The number of hydrogen-bond acceptors (Lipinski definition) is 4. The Bertz CT molecular complexity index is 513. The van der Waals surface area contributed by atoms with Crippen LogP contribution in [0.25, 0.3) is 0 Å². The van der Waals surface area contributed by atoms with Gasteiger partial charge in [0.05, 0.1) is 5.01 Å². The molecular formula is C15H22N2O3S. The molecule has 1 N–H and O–H groups in total. The molecule has 0 spiro atoms. The first-order valence-corrected chi connectivity index (χ1v) is 8.31. The summed E-state index contributed by atoms with van der Waals surface area (Å²) in [6.45, 7) is 5.53. The van der Waals surface area contributed by atoms with E-state index in [1.54, 1.807) is 0 Å². The average molecular weight is 310 g/mol. The highest BCUT2D eigenvalue weighted by atomic mass is 32.1. The fourth-order valence-corrected chi connectivity index (χ4v) is 3.43. The molecule has 0 bridgehead atoms.